The highest BCUT2D eigenvalue weighted by atomic mass is 19.4. The molecule has 2 aliphatic rings. The molecule has 5 heterocycles. The van der Waals surface area contributed by atoms with E-state index in [1.54, 1.807) is 30.5 Å². The number of aromatic nitrogens is 5. The number of benzene rings is 1. The molecule has 8 nitrogen and oxygen atoms in total. The maximum atomic E-state index is 14.3. The van der Waals surface area contributed by atoms with E-state index < -0.39 is 11.7 Å². The highest BCUT2D eigenvalue weighted by molar-refractivity contribution is 5.79. The summed E-state index contributed by atoms with van der Waals surface area (Å²) in [6, 6.07) is 8.47. The van der Waals surface area contributed by atoms with Gasteiger partial charge in [-0.15, -0.1) is 10.2 Å². The van der Waals surface area contributed by atoms with Crippen molar-refractivity contribution in [2.75, 3.05) is 50.1 Å². The van der Waals surface area contributed by atoms with Crippen LogP contribution in [0.15, 0.2) is 36.5 Å². The molecule has 0 spiro atoms. The Bertz CT molecular complexity index is 1450. The Morgan fingerprint density at radius 3 is 2.37 bits per heavy atom. The molecule has 0 unspecified atom stereocenters. The molecule has 0 atom stereocenters. The first-order valence-electron chi connectivity index (χ1n) is 13.2. The molecule has 0 amide bonds. The summed E-state index contributed by atoms with van der Waals surface area (Å²) in [7, 11) is 4.04. The maximum absolute atomic E-state index is 14.3. The summed E-state index contributed by atoms with van der Waals surface area (Å²) in [5, 5.41) is 8.68. The third kappa shape index (κ3) is 4.53. The molecule has 2 aliphatic heterocycles. The standard InChI is InChI=1S/C27H31F3N8/c1-35(2)19-10-14-36(15-11-19)23-9-6-18(16-20(23)27(28,29)30)21-7-8-22-25(32-21)38-24(17-31-22)33-34-26(38)37-12-4-3-5-13-37/h6-9,16-17,19H,3-5,10-15H2,1-2H3. The summed E-state index contributed by atoms with van der Waals surface area (Å²) in [4.78, 5) is 15.5. The number of halogens is 3. The summed E-state index contributed by atoms with van der Waals surface area (Å²) < 4.78 is 44.7. The van der Waals surface area contributed by atoms with E-state index in [9.17, 15) is 13.2 Å². The minimum absolute atomic E-state index is 0.231. The van der Waals surface area contributed by atoms with Crippen LogP contribution in [0.2, 0.25) is 0 Å². The lowest BCUT2D eigenvalue weighted by Gasteiger charge is -2.37. The van der Waals surface area contributed by atoms with Crippen LogP contribution in [0.4, 0.5) is 24.8 Å². The first-order chi connectivity index (χ1) is 18.3. The molecule has 1 aromatic carbocycles. The van der Waals surface area contributed by atoms with Gasteiger partial charge in [0.05, 0.1) is 17.5 Å². The molecule has 2 saturated heterocycles. The minimum atomic E-state index is -4.48. The molecule has 0 radical (unpaired) electrons. The predicted octanol–water partition coefficient (Wildman–Crippen LogP) is 4.88. The second-order valence-corrected chi connectivity index (χ2v) is 10.5. The van der Waals surface area contributed by atoms with Crippen molar-refractivity contribution < 1.29 is 13.2 Å². The SMILES string of the molecule is CN(C)C1CCN(c2ccc(-c3ccc4ncc5nnc(N6CCCCC6)n5c4n3)cc2C(F)(F)F)CC1. The number of hydrogen-bond donors (Lipinski definition) is 0. The Labute approximate surface area is 219 Å². The molecule has 3 aromatic heterocycles. The average molecular weight is 525 g/mol. The number of piperidine rings is 2. The predicted molar refractivity (Wildman–Crippen MR) is 142 cm³/mol. The summed E-state index contributed by atoms with van der Waals surface area (Å²) >= 11 is 0. The smallest absolute Gasteiger partial charge is 0.371 e. The van der Waals surface area contributed by atoms with E-state index in [0.717, 1.165) is 38.8 Å². The van der Waals surface area contributed by atoms with Crippen LogP contribution in [-0.2, 0) is 6.18 Å². The van der Waals surface area contributed by atoms with Gasteiger partial charge in [-0.3, -0.25) is 0 Å². The van der Waals surface area contributed by atoms with E-state index in [0.29, 0.717) is 53.1 Å². The van der Waals surface area contributed by atoms with E-state index in [-0.39, 0.29) is 5.69 Å². The summed E-state index contributed by atoms with van der Waals surface area (Å²) in [6.45, 7) is 2.95. The van der Waals surface area contributed by atoms with Gasteiger partial charge in [0, 0.05) is 43.5 Å². The van der Waals surface area contributed by atoms with Crippen molar-refractivity contribution in [2.45, 2.75) is 44.3 Å². The van der Waals surface area contributed by atoms with Gasteiger partial charge in [-0.1, -0.05) is 6.07 Å². The van der Waals surface area contributed by atoms with Gasteiger partial charge in [0.15, 0.2) is 11.3 Å². The van der Waals surface area contributed by atoms with Gasteiger partial charge in [0.2, 0.25) is 5.95 Å². The molecule has 4 aromatic rings. The lowest BCUT2D eigenvalue weighted by molar-refractivity contribution is -0.137. The Hall–Kier alpha value is -3.47. The Kier molecular flexibility index (Phi) is 6.33. The Morgan fingerprint density at radius 2 is 1.66 bits per heavy atom. The molecule has 0 N–H and O–H groups in total. The van der Waals surface area contributed by atoms with Gasteiger partial charge in [0.1, 0.15) is 5.52 Å². The van der Waals surface area contributed by atoms with Crippen LogP contribution in [0, 0.1) is 0 Å². The van der Waals surface area contributed by atoms with Gasteiger partial charge in [-0.05, 0) is 70.5 Å². The quantitative estimate of drug-likeness (QED) is 0.377. The number of nitrogens with zero attached hydrogens (tertiary/aromatic N) is 8. The number of rotatable bonds is 4. The number of anilines is 2. The molecular formula is C27H31F3N8. The molecule has 6 rings (SSSR count). The molecular weight excluding hydrogens is 493 g/mol. The highest BCUT2D eigenvalue weighted by Gasteiger charge is 2.36. The fourth-order valence-corrected chi connectivity index (χ4v) is 5.69. The van der Waals surface area contributed by atoms with Gasteiger partial charge in [-0.2, -0.15) is 13.2 Å². The molecule has 2 fully saturated rings. The Balaban J connectivity index is 1.40. The van der Waals surface area contributed by atoms with Crippen molar-refractivity contribution >= 4 is 28.4 Å². The largest absolute Gasteiger partial charge is 0.418 e. The zero-order valence-electron chi connectivity index (χ0n) is 21.6. The van der Waals surface area contributed by atoms with Crippen molar-refractivity contribution in [1.29, 1.82) is 0 Å². The van der Waals surface area contributed by atoms with Crippen LogP contribution in [0.25, 0.3) is 28.1 Å². The average Bonchev–Trinajstić information content (AvgIpc) is 3.37. The van der Waals surface area contributed by atoms with E-state index in [4.69, 9.17) is 4.98 Å². The monoisotopic (exact) mass is 524 g/mol. The summed E-state index contributed by atoms with van der Waals surface area (Å²) in [6.07, 6.45) is 2.18. The zero-order valence-corrected chi connectivity index (χ0v) is 21.6. The molecule has 0 aliphatic carbocycles. The molecule has 38 heavy (non-hydrogen) atoms. The van der Waals surface area contributed by atoms with Crippen LogP contribution >= 0.6 is 0 Å². The topological polar surface area (TPSA) is 65.7 Å². The third-order valence-corrected chi connectivity index (χ3v) is 7.83. The van der Waals surface area contributed by atoms with E-state index in [1.807, 2.05) is 23.4 Å². The minimum Gasteiger partial charge on any atom is -0.371 e. The molecule has 200 valence electrons. The lowest BCUT2D eigenvalue weighted by Crippen LogP contribution is -2.42. The second-order valence-electron chi connectivity index (χ2n) is 10.5. The fraction of sp³-hybridized carbons (Fsp3) is 0.481. The molecule has 0 bridgehead atoms. The molecule has 0 saturated carbocycles. The van der Waals surface area contributed by atoms with Crippen LogP contribution in [-0.4, -0.2) is 75.8 Å². The lowest BCUT2D eigenvalue weighted by atomic mass is 10.00. The molecule has 11 heteroatoms. The van der Waals surface area contributed by atoms with Crippen LogP contribution in [0.3, 0.4) is 0 Å². The van der Waals surface area contributed by atoms with Crippen molar-refractivity contribution in [2.24, 2.45) is 0 Å². The van der Waals surface area contributed by atoms with Gasteiger partial charge in [0.25, 0.3) is 0 Å². The number of hydrogen-bond acceptors (Lipinski definition) is 7. The normalized spacial score (nSPS) is 17.7. The number of fused-ring (bicyclic) bond motifs is 3. The Morgan fingerprint density at radius 1 is 0.895 bits per heavy atom. The van der Waals surface area contributed by atoms with Gasteiger partial charge >= 0.3 is 6.18 Å². The first kappa shape index (κ1) is 24.8. The van der Waals surface area contributed by atoms with Crippen molar-refractivity contribution in [1.82, 2.24) is 29.5 Å². The maximum Gasteiger partial charge on any atom is 0.418 e. The van der Waals surface area contributed by atoms with Crippen LogP contribution in [0.5, 0.6) is 0 Å². The summed E-state index contributed by atoms with van der Waals surface area (Å²) in [5.41, 5.74) is 2.20. The highest BCUT2D eigenvalue weighted by Crippen LogP contribution is 2.40. The zero-order chi connectivity index (χ0) is 26.4. The van der Waals surface area contributed by atoms with Crippen LogP contribution in [0.1, 0.15) is 37.7 Å². The number of alkyl halides is 3. The van der Waals surface area contributed by atoms with Crippen molar-refractivity contribution in [3.8, 4) is 11.3 Å². The van der Waals surface area contributed by atoms with E-state index in [2.05, 4.69) is 25.0 Å². The number of pyridine rings is 1. The second kappa shape index (κ2) is 9.68. The summed E-state index contributed by atoms with van der Waals surface area (Å²) in [5.74, 6) is 0.698. The fourth-order valence-electron chi connectivity index (χ4n) is 5.69. The van der Waals surface area contributed by atoms with Gasteiger partial charge < -0.3 is 14.7 Å². The first-order valence-corrected chi connectivity index (χ1v) is 13.2. The van der Waals surface area contributed by atoms with E-state index in [1.165, 1.54) is 12.5 Å². The third-order valence-electron chi connectivity index (χ3n) is 7.83. The van der Waals surface area contributed by atoms with Crippen molar-refractivity contribution in [3.05, 3.63) is 42.1 Å². The van der Waals surface area contributed by atoms with Crippen molar-refractivity contribution in [3.63, 3.8) is 0 Å². The van der Waals surface area contributed by atoms with Crippen LogP contribution < -0.4 is 9.80 Å². The van der Waals surface area contributed by atoms with E-state index >= 15 is 0 Å². The van der Waals surface area contributed by atoms with Gasteiger partial charge in [-0.25, -0.2) is 14.4 Å².